The van der Waals surface area contributed by atoms with Crippen molar-refractivity contribution in [1.29, 1.82) is 0 Å². The maximum atomic E-state index is 2.54. The van der Waals surface area contributed by atoms with E-state index in [2.05, 4.69) is 48.8 Å². The summed E-state index contributed by atoms with van der Waals surface area (Å²) < 4.78 is 0. The molecule has 1 aromatic carbocycles. The van der Waals surface area contributed by atoms with Gasteiger partial charge in [0.25, 0.3) is 0 Å². The molecule has 0 unspecified atom stereocenters. The van der Waals surface area contributed by atoms with Crippen LogP contribution in [0.3, 0.4) is 0 Å². The van der Waals surface area contributed by atoms with Gasteiger partial charge in [-0.05, 0) is 51.3 Å². The highest BCUT2D eigenvalue weighted by molar-refractivity contribution is 5.72. The zero-order valence-electron chi connectivity index (χ0n) is 11.4. The highest BCUT2D eigenvalue weighted by atomic mass is 15.2. The molecule has 1 saturated heterocycles. The normalized spacial score (nSPS) is 15.4. The summed E-state index contributed by atoms with van der Waals surface area (Å²) in [5.74, 6) is 0. The predicted molar refractivity (Wildman–Crippen MR) is 76.2 cm³/mol. The smallest absolute Gasteiger partial charge is 0.0606 e. The van der Waals surface area contributed by atoms with Crippen LogP contribution in [-0.2, 0) is 0 Å². The van der Waals surface area contributed by atoms with E-state index in [0.717, 1.165) is 13.1 Å². The second-order valence-electron chi connectivity index (χ2n) is 4.86. The summed E-state index contributed by atoms with van der Waals surface area (Å²) in [6.45, 7) is 11.3. The summed E-state index contributed by atoms with van der Waals surface area (Å²) in [5.41, 5.74) is 4.21. The Morgan fingerprint density at radius 1 is 1.12 bits per heavy atom. The number of hydrogen-bond donors (Lipinski definition) is 0. The van der Waals surface area contributed by atoms with Gasteiger partial charge in [-0.1, -0.05) is 6.07 Å². The molecule has 0 saturated carbocycles. The van der Waals surface area contributed by atoms with Gasteiger partial charge in [0.05, 0.1) is 11.4 Å². The molecule has 0 aromatic heterocycles. The Hall–Kier alpha value is -1.18. The van der Waals surface area contributed by atoms with Gasteiger partial charge < -0.3 is 9.80 Å². The standard InChI is InChI=1S/C15H24N2/c1-4-16(5-2)14-9-8-13(3)12-15(14)17-10-6-7-11-17/h8-9,12H,4-7,10-11H2,1-3H3. The molecule has 0 aliphatic carbocycles. The molecule has 0 bridgehead atoms. The summed E-state index contributed by atoms with van der Waals surface area (Å²) in [5, 5.41) is 0. The molecule has 0 spiro atoms. The minimum absolute atomic E-state index is 1.08. The van der Waals surface area contributed by atoms with Crippen LogP contribution in [0.2, 0.25) is 0 Å². The van der Waals surface area contributed by atoms with Crippen molar-refractivity contribution in [1.82, 2.24) is 0 Å². The van der Waals surface area contributed by atoms with E-state index in [1.165, 1.54) is 42.9 Å². The fourth-order valence-electron chi connectivity index (χ4n) is 2.68. The molecule has 1 heterocycles. The molecular formula is C15H24N2. The van der Waals surface area contributed by atoms with E-state index in [1.54, 1.807) is 0 Å². The predicted octanol–water partition coefficient (Wildman–Crippen LogP) is 3.44. The van der Waals surface area contributed by atoms with Crippen LogP contribution in [0.15, 0.2) is 18.2 Å². The fraction of sp³-hybridized carbons (Fsp3) is 0.600. The van der Waals surface area contributed by atoms with Gasteiger partial charge in [-0.3, -0.25) is 0 Å². The Balaban J connectivity index is 2.35. The molecule has 2 rings (SSSR count). The Bertz CT molecular complexity index is 363. The summed E-state index contributed by atoms with van der Waals surface area (Å²) in [6.07, 6.45) is 2.68. The molecular weight excluding hydrogens is 208 g/mol. The average Bonchev–Trinajstić information content (AvgIpc) is 2.86. The first-order valence-corrected chi connectivity index (χ1v) is 6.86. The van der Waals surface area contributed by atoms with Crippen LogP contribution in [0.5, 0.6) is 0 Å². The van der Waals surface area contributed by atoms with E-state index in [9.17, 15) is 0 Å². The van der Waals surface area contributed by atoms with Gasteiger partial charge in [0, 0.05) is 26.2 Å². The van der Waals surface area contributed by atoms with E-state index < -0.39 is 0 Å². The van der Waals surface area contributed by atoms with E-state index in [4.69, 9.17) is 0 Å². The number of aryl methyl sites for hydroxylation is 1. The van der Waals surface area contributed by atoms with E-state index in [-0.39, 0.29) is 0 Å². The molecule has 1 aliphatic heterocycles. The summed E-state index contributed by atoms with van der Waals surface area (Å²) in [6, 6.07) is 6.86. The maximum absolute atomic E-state index is 2.54. The zero-order valence-corrected chi connectivity index (χ0v) is 11.4. The van der Waals surface area contributed by atoms with Crippen molar-refractivity contribution >= 4 is 11.4 Å². The third-order valence-corrected chi connectivity index (χ3v) is 3.68. The fourth-order valence-corrected chi connectivity index (χ4v) is 2.68. The van der Waals surface area contributed by atoms with Crippen molar-refractivity contribution in [3.63, 3.8) is 0 Å². The van der Waals surface area contributed by atoms with Crippen molar-refractivity contribution in [2.75, 3.05) is 36.0 Å². The van der Waals surface area contributed by atoms with Crippen molar-refractivity contribution in [2.45, 2.75) is 33.6 Å². The molecule has 17 heavy (non-hydrogen) atoms. The number of nitrogens with zero attached hydrogens (tertiary/aromatic N) is 2. The molecule has 1 fully saturated rings. The van der Waals surface area contributed by atoms with Crippen LogP contribution in [-0.4, -0.2) is 26.2 Å². The molecule has 0 atom stereocenters. The lowest BCUT2D eigenvalue weighted by Crippen LogP contribution is -2.26. The first-order valence-electron chi connectivity index (χ1n) is 6.86. The maximum Gasteiger partial charge on any atom is 0.0606 e. The van der Waals surface area contributed by atoms with E-state index in [0.29, 0.717) is 0 Å². The van der Waals surface area contributed by atoms with Crippen LogP contribution >= 0.6 is 0 Å². The van der Waals surface area contributed by atoms with E-state index in [1.807, 2.05) is 0 Å². The van der Waals surface area contributed by atoms with Crippen LogP contribution < -0.4 is 9.80 Å². The van der Waals surface area contributed by atoms with Crippen LogP contribution in [0.4, 0.5) is 11.4 Å². The van der Waals surface area contributed by atoms with Crippen LogP contribution in [0.1, 0.15) is 32.3 Å². The van der Waals surface area contributed by atoms with Gasteiger partial charge in [0.15, 0.2) is 0 Å². The van der Waals surface area contributed by atoms with Crippen molar-refractivity contribution in [2.24, 2.45) is 0 Å². The van der Waals surface area contributed by atoms with Gasteiger partial charge in [0.1, 0.15) is 0 Å². The molecule has 0 radical (unpaired) electrons. The lowest BCUT2D eigenvalue weighted by atomic mass is 10.1. The number of anilines is 2. The van der Waals surface area contributed by atoms with Gasteiger partial charge in [-0.15, -0.1) is 0 Å². The second kappa shape index (κ2) is 5.44. The van der Waals surface area contributed by atoms with Gasteiger partial charge in [0.2, 0.25) is 0 Å². The van der Waals surface area contributed by atoms with Crippen LogP contribution in [0.25, 0.3) is 0 Å². The monoisotopic (exact) mass is 232 g/mol. The molecule has 2 nitrogen and oxygen atoms in total. The SMILES string of the molecule is CCN(CC)c1ccc(C)cc1N1CCCC1. The first-order chi connectivity index (χ1) is 8.26. The average molecular weight is 232 g/mol. The number of rotatable bonds is 4. The quantitative estimate of drug-likeness (QED) is 0.784. The topological polar surface area (TPSA) is 6.48 Å². The molecule has 1 aromatic rings. The lowest BCUT2D eigenvalue weighted by molar-refractivity contribution is 0.855. The van der Waals surface area contributed by atoms with Crippen molar-refractivity contribution in [3.05, 3.63) is 23.8 Å². The largest absolute Gasteiger partial charge is 0.370 e. The molecule has 0 amide bonds. The minimum atomic E-state index is 1.08. The highest BCUT2D eigenvalue weighted by Crippen LogP contribution is 2.32. The van der Waals surface area contributed by atoms with E-state index >= 15 is 0 Å². The third kappa shape index (κ3) is 2.56. The third-order valence-electron chi connectivity index (χ3n) is 3.68. The Morgan fingerprint density at radius 2 is 1.76 bits per heavy atom. The Morgan fingerprint density at radius 3 is 2.35 bits per heavy atom. The van der Waals surface area contributed by atoms with Gasteiger partial charge in [-0.2, -0.15) is 0 Å². The summed E-state index contributed by atoms with van der Waals surface area (Å²) >= 11 is 0. The Kier molecular flexibility index (Phi) is 3.93. The Labute approximate surface area is 105 Å². The molecule has 2 heteroatoms. The van der Waals surface area contributed by atoms with Crippen molar-refractivity contribution in [3.8, 4) is 0 Å². The van der Waals surface area contributed by atoms with Gasteiger partial charge in [-0.25, -0.2) is 0 Å². The van der Waals surface area contributed by atoms with Gasteiger partial charge >= 0.3 is 0 Å². The molecule has 1 aliphatic rings. The van der Waals surface area contributed by atoms with Crippen molar-refractivity contribution < 1.29 is 0 Å². The number of hydrogen-bond acceptors (Lipinski definition) is 2. The highest BCUT2D eigenvalue weighted by Gasteiger charge is 2.17. The number of benzene rings is 1. The molecule has 0 N–H and O–H groups in total. The summed E-state index contributed by atoms with van der Waals surface area (Å²) in [4.78, 5) is 4.99. The zero-order chi connectivity index (χ0) is 12.3. The van der Waals surface area contributed by atoms with Crippen LogP contribution in [0, 0.1) is 6.92 Å². The molecule has 94 valence electrons. The second-order valence-corrected chi connectivity index (χ2v) is 4.86. The lowest BCUT2D eigenvalue weighted by Gasteiger charge is -2.29. The summed E-state index contributed by atoms with van der Waals surface area (Å²) in [7, 11) is 0. The first kappa shape index (κ1) is 12.3. The minimum Gasteiger partial charge on any atom is -0.370 e.